The number of nitrogens with one attached hydrogen (secondary N) is 2. The highest BCUT2D eigenvalue weighted by Gasteiger charge is 2.30. The van der Waals surface area contributed by atoms with E-state index in [2.05, 4.69) is 26.6 Å². The van der Waals surface area contributed by atoms with Crippen LogP contribution in [0.25, 0.3) is 0 Å². The Morgan fingerprint density at radius 3 is 2.67 bits per heavy atom. The number of carbonyl (C=O) groups excluding carboxylic acids is 1. The largest absolute Gasteiger partial charge is 0.373 e. The summed E-state index contributed by atoms with van der Waals surface area (Å²) in [4.78, 5) is 13.7. The molecule has 0 bridgehead atoms. The minimum atomic E-state index is -3.01. The summed E-state index contributed by atoms with van der Waals surface area (Å²) in [5.74, 6) is -0.00578. The van der Waals surface area contributed by atoms with Gasteiger partial charge in [0.2, 0.25) is 5.91 Å². The molecule has 0 spiro atoms. The predicted molar refractivity (Wildman–Crippen MR) is 87.6 cm³/mol. The van der Waals surface area contributed by atoms with E-state index in [4.69, 9.17) is 0 Å². The number of hydrogen-bond acceptors (Lipinski definition) is 5. The molecule has 0 aliphatic carbocycles. The van der Waals surface area contributed by atoms with Crippen LogP contribution in [-0.4, -0.2) is 47.0 Å². The van der Waals surface area contributed by atoms with Crippen molar-refractivity contribution in [3.8, 4) is 0 Å². The summed E-state index contributed by atoms with van der Waals surface area (Å²) in [5.41, 5.74) is 2.48. The van der Waals surface area contributed by atoms with Gasteiger partial charge in [-0.1, -0.05) is 0 Å². The molecule has 8 heteroatoms. The molecule has 116 valence electrons. The van der Waals surface area contributed by atoms with Gasteiger partial charge in [-0.2, -0.15) is 0 Å². The first kappa shape index (κ1) is 16.3. The number of benzene rings is 1. The number of likely N-dealkylation sites (N-methyl/N-ethyl adjacent to an activating group) is 1. The van der Waals surface area contributed by atoms with Gasteiger partial charge in [-0.3, -0.25) is 4.79 Å². The van der Waals surface area contributed by atoms with Crippen molar-refractivity contribution in [1.29, 1.82) is 0 Å². The maximum atomic E-state index is 11.8. The molecular formula is C13H18BrN3O3S. The van der Waals surface area contributed by atoms with Crippen molar-refractivity contribution < 1.29 is 13.2 Å². The molecule has 0 fully saturated rings. The Labute approximate surface area is 132 Å². The van der Waals surface area contributed by atoms with Gasteiger partial charge < -0.3 is 15.5 Å². The first-order valence-electron chi connectivity index (χ1n) is 6.43. The number of amides is 1. The highest BCUT2D eigenvalue weighted by molar-refractivity contribution is 9.10. The highest BCUT2D eigenvalue weighted by Crippen LogP contribution is 2.38. The first-order chi connectivity index (χ1) is 9.73. The van der Waals surface area contributed by atoms with Gasteiger partial charge in [0, 0.05) is 35.6 Å². The molecule has 0 radical (unpaired) electrons. The van der Waals surface area contributed by atoms with Crippen molar-refractivity contribution in [2.75, 3.05) is 42.9 Å². The average Bonchev–Trinajstić information content (AvgIpc) is 2.68. The second kappa shape index (κ2) is 5.94. The topological polar surface area (TPSA) is 78.5 Å². The Hall–Kier alpha value is -1.12. The molecule has 1 unspecified atom stereocenters. The fourth-order valence-corrected chi connectivity index (χ4v) is 3.54. The molecule has 6 nitrogen and oxygen atoms in total. The van der Waals surface area contributed by atoms with Crippen LogP contribution in [0.5, 0.6) is 0 Å². The zero-order valence-electron chi connectivity index (χ0n) is 12.1. The predicted octanol–water partition coefficient (Wildman–Crippen LogP) is 1.14. The first-order valence-corrected chi connectivity index (χ1v) is 9.28. The van der Waals surface area contributed by atoms with Crippen LogP contribution in [0.4, 0.5) is 11.4 Å². The van der Waals surface area contributed by atoms with Crippen LogP contribution in [0.15, 0.2) is 16.6 Å². The van der Waals surface area contributed by atoms with Crippen LogP contribution in [0.2, 0.25) is 0 Å². The Bertz CT molecular complexity index is 675. The molecule has 2 N–H and O–H groups in total. The number of hydrogen-bond donors (Lipinski definition) is 2. The minimum Gasteiger partial charge on any atom is -0.373 e. The van der Waals surface area contributed by atoms with Crippen LogP contribution < -0.4 is 15.5 Å². The average molecular weight is 376 g/mol. The summed E-state index contributed by atoms with van der Waals surface area (Å²) in [6.07, 6.45) is 1.22. The molecule has 1 amide bonds. The van der Waals surface area contributed by atoms with E-state index >= 15 is 0 Å². The van der Waals surface area contributed by atoms with E-state index in [9.17, 15) is 13.2 Å². The molecule has 0 saturated heterocycles. The number of fused-ring (bicyclic) bond motifs is 1. The van der Waals surface area contributed by atoms with Gasteiger partial charge in [0.05, 0.1) is 11.4 Å². The molecule has 1 aliphatic rings. The summed E-state index contributed by atoms with van der Waals surface area (Å²) < 4.78 is 23.3. The zero-order chi connectivity index (χ0) is 15.8. The third-order valence-electron chi connectivity index (χ3n) is 3.45. The summed E-state index contributed by atoms with van der Waals surface area (Å²) in [6.45, 7) is 0.389. The lowest BCUT2D eigenvalue weighted by atomic mass is 10.1. The van der Waals surface area contributed by atoms with E-state index in [0.29, 0.717) is 6.54 Å². The molecule has 0 saturated carbocycles. The number of sulfone groups is 1. The lowest BCUT2D eigenvalue weighted by molar-refractivity contribution is -0.117. The van der Waals surface area contributed by atoms with Crippen LogP contribution >= 0.6 is 15.9 Å². The van der Waals surface area contributed by atoms with Gasteiger partial charge in [0.1, 0.15) is 15.9 Å². The smallest absolute Gasteiger partial charge is 0.246 e. The van der Waals surface area contributed by atoms with Crippen LogP contribution in [0.3, 0.4) is 0 Å². The summed E-state index contributed by atoms with van der Waals surface area (Å²) in [5, 5.41) is 5.79. The molecule has 2 rings (SSSR count). The standard InChI is InChI=1S/C13H18BrN3O3S/c1-15-12-8-6-9(14)11(7-10(8)16-13(12)18)17(2)4-5-21(3,19)20/h6-7,12,15H,4-5H2,1-3H3,(H,16,18). The van der Waals surface area contributed by atoms with E-state index in [1.807, 2.05) is 24.1 Å². The quantitative estimate of drug-likeness (QED) is 0.806. The number of rotatable bonds is 5. The lowest BCUT2D eigenvalue weighted by Gasteiger charge is -2.21. The van der Waals surface area contributed by atoms with E-state index in [1.165, 1.54) is 6.26 Å². The molecule has 21 heavy (non-hydrogen) atoms. The molecule has 1 atom stereocenters. The number of anilines is 2. The number of carbonyl (C=O) groups is 1. The van der Waals surface area contributed by atoms with Crippen molar-refractivity contribution in [1.82, 2.24) is 5.32 Å². The normalized spacial score (nSPS) is 17.5. The van der Waals surface area contributed by atoms with Gasteiger partial charge in [0.25, 0.3) is 0 Å². The van der Waals surface area contributed by atoms with Gasteiger partial charge in [0.15, 0.2) is 0 Å². The third kappa shape index (κ3) is 3.56. The van der Waals surface area contributed by atoms with Crippen LogP contribution in [0, 0.1) is 0 Å². The fourth-order valence-electron chi connectivity index (χ4n) is 2.27. The highest BCUT2D eigenvalue weighted by atomic mass is 79.9. The van der Waals surface area contributed by atoms with Gasteiger partial charge in [-0.25, -0.2) is 8.42 Å². The second-order valence-corrected chi connectivity index (χ2v) is 8.27. The minimum absolute atomic E-state index is 0.0819. The van der Waals surface area contributed by atoms with E-state index in [1.54, 1.807) is 7.05 Å². The number of halogens is 1. The maximum Gasteiger partial charge on any atom is 0.246 e. The molecule has 0 aromatic heterocycles. The molecular weight excluding hydrogens is 358 g/mol. The number of nitrogens with zero attached hydrogens (tertiary/aromatic N) is 1. The van der Waals surface area contributed by atoms with Crippen molar-refractivity contribution >= 4 is 43.0 Å². The van der Waals surface area contributed by atoms with E-state index in [-0.39, 0.29) is 17.7 Å². The second-order valence-electron chi connectivity index (χ2n) is 5.15. The Morgan fingerprint density at radius 2 is 2.10 bits per heavy atom. The zero-order valence-corrected chi connectivity index (χ0v) is 14.5. The third-order valence-corrected chi connectivity index (χ3v) is 5.01. The summed E-state index contributed by atoms with van der Waals surface area (Å²) in [6, 6.07) is 3.39. The van der Waals surface area contributed by atoms with Crippen molar-refractivity contribution in [3.63, 3.8) is 0 Å². The Morgan fingerprint density at radius 1 is 1.43 bits per heavy atom. The summed E-state index contributed by atoms with van der Waals surface area (Å²) >= 11 is 3.49. The fraction of sp³-hybridized carbons (Fsp3) is 0.462. The molecule has 1 heterocycles. The molecule has 1 aromatic rings. The molecule has 1 aromatic carbocycles. The van der Waals surface area contributed by atoms with Crippen LogP contribution in [-0.2, 0) is 14.6 Å². The van der Waals surface area contributed by atoms with Crippen molar-refractivity contribution in [3.05, 3.63) is 22.2 Å². The summed E-state index contributed by atoms with van der Waals surface area (Å²) in [7, 11) is 0.549. The van der Waals surface area contributed by atoms with Gasteiger partial charge in [-0.15, -0.1) is 0 Å². The Balaban J connectivity index is 2.27. The molecule has 1 aliphatic heterocycles. The van der Waals surface area contributed by atoms with Crippen molar-refractivity contribution in [2.24, 2.45) is 0 Å². The monoisotopic (exact) mass is 375 g/mol. The SMILES string of the molecule is CNC1C(=O)Nc2cc(N(C)CCS(C)(=O)=O)c(Br)cc21. The van der Waals surface area contributed by atoms with Gasteiger partial charge >= 0.3 is 0 Å². The lowest BCUT2D eigenvalue weighted by Crippen LogP contribution is -2.25. The maximum absolute atomic E-state index is 11.8. The van der Waals surface area contributed by atoms with Crippen molar-refractivity contribution in [2.45, 2.75) is 6.04 Å². The van der Waals surface area contributed by atoms with Crippen LogP contribution in [0.1, 0.15) is 11.6 Å². The van der Waals surface area contributed by atoms with E-state index in [0.717, 1.165) is 21.4 Å². The van der Waals surface area contributed by atoms with E-state index < -0.39 is 9.84 Å². The van der Waals surface area contributed by atoms with Gasteiger partial charge in [-0.05, 0) is 35.1 Å². The Kier molecular flexibility index (Phi) is 4.60.